The molecule has 7 unspecified atom stereocenters. The highest BCUT2D eigenvalue weighted by Gasteiger charge is 2.66. The van der Waals surface area contributed by atoms with E-state index in [1.807, 2.05) is 12.4 Å². The molecular formula is C28H30N2O3. The van der Waals surface area contributed by atoms with Crippen molar-refractivity contribution in [3.05, 3.63) is 71.6 Å². The van der Waals surface area contributed by atoms with Crippen molar-refractivity contribution in [2.45, 2.75) is 68.5 Å². The van der Waals surface area contributed by atoms with Gasteiger partial charge in [0.15, 0.2) is 0 Å². The van der Waals surface area contributed by atoms with E-state index in [2.05, 4.69) is 54.4 Å². The number of ether oxygens (including phenoxy) is 1. The van der Waals surface area contributed by atoms with Gasteiger partial charge in [-0.2, -0.15) is 0 Å². The summed E-state index contributed by atoms with van der Waals surface area (Å²) in [5, 5.41) is 23.6. The summed E-state index contributed by atoms with van der Waals surface area (Å²) in [6, 6.07) is 8.29. The molecule has 2 bridgehead atoms. The topological polar surface area (TPSA) is 88.6 Å². The fourth-order valence-corrected chi connectivity index (χ4v) is 7.78. The van der Waals surface area contributed by atoms with Crippen LogP contribution in [0.4, 0.5) is 0 Å². The standard InChI is InChI=1S/C28H30N2O3/c1-26-8-6-19-13-21-24(31)25(32)22(29)14-27(21)9-10-28(19,33-27)23(26)5-4-20(26)17-3-2-16-7-11-30-15-18(16)12-17/h2-4,6-7,11-13,15,22-25,31-32H,5,8-10,14,29H2,1H3. The zero-order valence-electron chi connectivity index (χ0n) is 18.9. The second kappa shape index (κ2) is 6.42. The van der Waals surface area contributed by atoms with E-state index in [-0.39, 0.29) is 11.0 Å². The number of fused-ring (bicyclic) bond motifs is 2. The van der Waals surface area contributed by atoms with Crippen LogP contribution in [-0.4, -0.2) is 44.6 Å². The fourth-order valence-electron chi connectivity index (χ4n) is 7.78. The predicted molar refractivity (Wildman–Crippen MR) is 127 cm³/mol. The van der Waals surface area contributed by atoms with Crippen LogP contribution in [0.15, 0.2) is 66.0 Å². The van der Waals surface area contributed by atoms with Crippen LogP contribution in [0.1, 0.15) is 44.6 Å². The van der Waals surface area contributed by atoms with Crippen LogP contribution in [0.5, 0.6) is 0 Å². The smallest absolute Gasteiger partial charge is 0.105 e. The summed E-state index contributed by atoms with van der Waals surface area (Å²) < 4.78 is 7.07. The summed E-state index contributed by atoms with van der Waals surface area (Å²) in [4.78, 5) is 4.31. The molecule has 0 radical (unpaired) electrons. The van der Waals surface area contributed by atoms with Gasteiger partial charge in [-0.3, -0.25) is 4.98 Å². The van der Waals surface area contributed by atoms with E-state index in [0.717, 1.165) is 31.3 Å². The van der Waals surface area contributed by atoms with E-state index in [4.69, 9.17) is 10.5 Å². The van der Waals surface area contributed by atoms with Gasteiger partial charge in [0, 0.05) is 35.2 Å². The molecule has 2 aliphatic heterocycles. The minimum absolute atomic E-state index is 0.0226. The molecule has 170 valence electrons. The van der Waals surface area contributed by atoms with Crippen LogP contribution in [0, 0.1) is 11.3 Å². The van der Waals surface area contributed by atoms with Gasteiger partial charge in [-0.15, -0.1) is 0 Å². The third kappa shape index (κ3) is 2.43. The lowest BCUT2D eigenvalue weighted by molar-refractivity contribution is -0.151. The van der Waals surface area contributed by atoms with E-state index in [1.165, 1.54) is 27.5 Å². The average Bonchev–Trinajstić information content (AvgIpc) is 3.33. The molecule has 33 heavy (non-hydrogen) atoms. The highest BCUT2D eigenvalue weighted by molar-refractivity contribution is 5.87. The van der Waals surface area contributed by atoms with Crippen molar-refractivity contribution in [3.63, 3.8) is 0 Å². The number of rotatable bonds is 1. The largest absolute Gasteiger partial charge is 0.388 e. The molecule has 1 aromatic heterocycles. The molecule has 5 nitrogen and oxygen atoms in total. The summed E-state index contributed by atoms with van der Waals surface area (Å²) >= 11 is 0. The van der Waals surface area contributed by atoms with Crippen molar-refractivity contribution in [1.82, 2.24) is 4.98 Å². The van der Waals surface area contributed by atoms with Crippen molar-refractivity contribution in [2.24, 2.45) is 17.1 Å². The molecule has 5 aliphatic rings. The summed E-state index contributed by atoms with van der Waals surface area (Å²) in [6.07, 6.45) is 13.0. The third-order valence-electron chi connectivity index (χ3n) is 9.45. The molecule has 2 fully saturated rings. The Bertz CT molecular complexity index is 1280. The molecule has 2 aromatic rings. The molecule has 4 N–H and O–H groups in total. The van der Waals surface area contributed by atoms with Gasteiger partial charge in [0.1, 0.15) is 6.10 Å². The van der Waals surface area contributed by atoms with Crippen molar-refractivity contribution < 1.29 is 14.9 Å². The minimum Gasteiger partial charge on any atom is -0.388 e. The molecule has 5 heteroatoms. The summed E-state index contributed by atoms with van der Waals surface area (Å²) in [5.74, 6) is 0.335. The first-order chi connectivity index (χ1) is 15.9. The van der Waals surface area contributed by atoms with Gasteiger partial charge in [0.05, 0.1) is 17.3 Å². The van der Waals surface area contributed by atoms with Crippen LogP contribution in [-0.2, 0) is 4.74 Å². The molecular weight excluding hydrogens is 412 g/mol. The lowest BCUT2D eigenvalue weighted by Gasteiger charge is -2.55. The normalized spacial score (nSPS) is 43.3. The maximum Gasteiger partial charge on any atom is 0.105 e. The van der Waals surface area contributed by atoms with Crippen molar-refractivity contribution in [3.8, 4) is 0 Å². The number of benzene rings is 1. The number of nitrogens with zero attached hydrogens (tertiary/aromatic N) is 1. The number of hydrogen-bond donors (Lipinski definition) is 3. The molecule has 1 saturated carbocycles. The second-order valence-electron chi connectivity index (χ2n) is 11.0. The molecule has 3 heterocycles. The zero-order valence-corrected chi connectivity index (χ0v) is 18.9. The first kappa shape index (κ1) is 20.1. The van der Waals surface area contributed by atoms with Crippen LogP contribution in [0.3, 0.4) is 0 Å². The van der Waals surface area contributed by atoms with Crippen molar-refractivity contribution >= 4 is 16.3 Å². The average molecular weight is 443 g/mol. The minimum atomic E-state index is -0.956. The summed E-state index contributed by atoms with van der Waals surface area (Å²) in [6.45, 7) is 2.39. The van der Waals surface area contributed by atoms with Gasteiger partial charge in [-0.25, -0.2) is 0 Å². The fraction of sp³-hybridized carbons (Fsp3) is 0.464. The maximum atomic E-state index is 10.8. The van der Waals surface area contributed by atoms with E-state index in [1.54, 1.807) is 0 Å². The van der Waals surface area contributed by atoms with Gasteiger partial charge < -0.3 is 20.7 Å². The van der Waals surface area contributed by atoms with E-state index in [0.29, 0.717) is 12.3 Å². The van der Waals surface area contributed by atoms with E-state index >= 15 is 0 Å². The third-order valence-corrected chi connectivity index (χ3v) is 9.45. The lowest BCUT2D eigenvalue weighted by atomic mass is 9.58. The van der Waals surface area contributed by atoms with Gasteiger partial charge in [-0.05, 0) is 71.9 Å². The molecule has 3 aliphatic carbocycles. The second-order valence-corrected chi connectivity index (χ2v) is 11.0. The highest BCUT2D eigenvalue weighted by Crippen LogP contribution is 2.67. The van der Waals surface area contributed by atoms with Gasteiger partial charge in [0.25, 0.3) is 0 Å². The molecule has 7 rings (SSSR count). The van der Waals surface area contributed by atoms with Crippen molar-refractivity contribution in [2.75, 3.05) is 0 Å². The first-order valence-corrected chi connectivity index (χ1v) is 12.2. The SMILES string of the molecule is CC12CC=C3C=C4C(O)C(O)C(N)CC45CCC3(O5)C1CC=C2c1ccc2ccncc2c1. The Morgan fingerprint density at radius 2 is 2.00 bits per heavy atom. The number of nitrogens with two attached hydrogens (primary N) is 1. The van der Waals surface area contributed by atoms with Gasteiger partial charge >= 0.3 is 0 Å². The van der Waals surface area contributed by atoms with Crippen LogP contribution in [0.2, 0.25) is 0 Å². The molecule has 1 aromatic carbocycles. The molecule has 7 atom stereocenters. The zero-order chi connectivity index (χ0) is 22.6. The Hall–Kier alpha value is -2.31. The number of aliphatic hydroxyl groups is 2. The van der Waals surface area contributed by atoms with Crippen molar-refractivity contribution in [1.29, 1.82) is 0 Å². The summed E-state index contributed by atoms with van der Waals surface area (Å²) in [7, 11) is 0. The Morgan fingerprint density at radius 3 is 2.88 bits per heavy atom. The van der Waals surface area contributed by atoms with Gasteiger partial charge in [-0.1, -0.05) is 37.3 Å². The Morgan fingerprint density at radius 1 is 1.12 bits per heavy atom. The highest BCUT2D eigenvalue weighted by atomic mass is 16.5. The Labute approximate surface area is 193 Å². The lowest BCUT2D eigenvalue weighted by Crippen LogP contribution is -2.61. The number of pyridine rings is 1. The van der Waals surface area contributed by atoms with E-state index in [9.17, 15) is 10.2 Å². The Balaban J connectivity index is 1.32. The maximum absolute atomic E-state index is 10.8. The number of aromatic nitrogens is 1. The number of aliphatic hydroxyl groups excluding tert-OH is 2. The monoisotopic (exact) mass is 442 g/mol. The van der Waals surface area contributed by atoms with Crippen LogP contribution >= 0.6 is 0 Å². The molecule has 1 saturated heterocycles. The summed E-state index contributed by atoms with van der Waals surface area (Å²) in [5.41, 5.74) is 10.0. The van der Waals surface area contributed by atoms with Crippen LogP contribution < -0.4 is 5.73 Å². The molecule has 0 amide bonds. The number of allylic oxidation sites excluding steroid dienone is 3. The predicted octanol–water partition coefficient (Wildman–Crippen LogP) is 3.66. The Kier molecular flexibility index (Phi) is 3.91. The van der Waals surface area contributed by atoms with Crippen LogP contribution in [0.25, 0.3) is 16.3 Å². The number of hydrogen-bond acceptors (Lipinski definition) is 5. The van der Waals surface area contributed by atoms with Gasteiger partial charge in [0.2, 0.25) is 0 Å². The first-order valence-electron chi connectivity index (χ1n) is 12.2. The van der Waals surface area contributed by atoms with E-state index < -0.39 is 23.9 Å². The quantitative estimate of drug-likeness (QED) is 0.627. The molecule has 2 spiro atoms.